The number of aromatic nitrogens is 2. The minimum atomic E-state index is 0.0205. The number of hydrogen-bond acceptors (Lipinski definition) is 3. The molecule has 0 radical (unpaired) electrons. The number of hydrogen-bond donors (Lipinski definition) is 0. The summed E-state index contributed by atoms with van der Waals surface area (Å²) in [4.78, 5) is 17.5. The molecule has 1 rings (SSSR count). The predicted molar refractivity (Wildman–Crippen MR) is 56.3 cm³/mol. The first-order chi connectivity index (χ1) is 6.77. The lowest BCUT2D eigenvalue weighted by atomic mass is 10.4. The van der Waals surface area contributed by atoms with Crippen LogP contribution in [0, 0.1) is 0 Å². The van der Waals surface area contributed by atoms with Crippen LogP contribution >= 0.6 is 0 Å². The third-order valence-corrected chi connectivity index (χ3v) is 2.34. The van der Waals surface area contributed by atoms with Gasteiger partial charge in [-0.25, -0.2) is 4.98 Å². The molecule has 0 spiro atoms. The van der Waals surface area contributed by atoms with Crippen molar-refractivity contribution in [2.75, 3.05) is 19.6 Å². The van der Waals surface area contributed by atoms with Gasteiger partial charge in [-0.2, -0.15) is 0 Å². The third kappa shape index (κ3) is 2.96. The molecule has 0 saturated heterocycles. The summed E-state index contributed by atoms with van der Waals surface area (Å²) in [6, 6.07) is 1.49. The molecule has 0 saturated carbocycles. The van der Waals surface area contributed by atoms with Crippen LogP contribution in [-0.4, -0.2) is 34.1 Å². The van der Waals surface area contributed by atoms with E-state index in [9.17, 15) is 4.79 Å². The van der Waals surface area contributed by atoms with Crippen LogP contribution in [0.4, 0.5) is 0 Å². The molecular weight excluding hydrogens is 178 g/mol. The Morgan fingerprint density at radius 2 is 2.14 bits per heavy atom. The highest BCUT2D eigenvalue weighted by atomic mass is 16.1. The van der Waals surface area contributed by atoms with Gasteiger partial charge in [-0.05, 0) is 13.1 Å². The maximum absolute atomic E-state index is 11.3. The highest BCUT2D eigenvalue weighted by Crippen LogP contribution is 1.88. The molecule has 1 aromatic rings. The summed E-state index contributed by atoms with van der Waals surface area (Å²) in [6.07, 6.45) is 3.11. The number of nitrogens with zero attached hydrogens (tertiary/aromatic N) is 3. The Bertz CT molecular complexity index is 317. The summed E-state index contributed by atoms with van der Waals surface area (Å²) in [5.41, 5.74) is 0.0205. The van der Waals surface area contributed by atoms with E-state index in [1.807, 2.05) is 0 Å². The van der Waals surface area contributed by atoms with Crippen molar-refractivity contribution in [3.05, 3.63) is 28.9 Å². The van der Waals surface area contributed by atoms with E-state index in [1.165, 1.54) is 12.3 Å². The van der Waals surface area contributed by atoms with Crippen molar-refractivity contribution in [1.82, 2.24) is 14.5 Å². The van der Waals surface area contributed by atoms with Crippen LogP contribution in [0.3, 0.4) is 0 Å². The van der Waals surface area contributed by atoms with Crippen molar-refractivity contribution >= 4 is 0 Å². The summed E-state index contributed by atoms with van der Waals surface area (Å²) < 4.78 is 1.64. The van der Waals surface area contributed by atoms with Crippen LogP contribution < -0.4 is 5.56 Å². The quantitative estimate of drug-likeness (QED) is 0.690. The molecule has 0 bridgehead atoms. The Hall–Kier alpha value is -1.16. The standard InChI is InChI=1S/C10H17N3O/c1-3-12(4-2)7-8-13-9-11-6-5-10(13)14/h5-6,9H,3-4,7-8H2,1-2H3. The van der Waals surface area contributed by atoms with Crippen molar-refractivity contribution in [1.29, 1.82) is 0 Å². The summed E-state index contributed by atoms with van der Waals surface area (Å²) >= 11 is 0. The van der Waals surface area contributed by atoms with E-state index in [0.717, 1.165) is 19.6 Å². The average Bonchev–Trinajstić information content (AvgIpc) is 2.22. The third-order valence-electron chi connectivity index (χ3n) is 2.34. The van der Waals surface area contributed by atoms with Gasteiger partial charge in [0.05, 0.1) is 6.33 Å². The van der Waals surface area contributed by atoms with Gasteiger partial charge in [0, 0.05) is 25.4 Å². The molecule has 0 aliphatic rings. The molecule has 0 fully saturated rings. The summed E-state index contributed by atoms with van der Waals surface area (Å²) in [6.45, 7) is 7.90. The Morgan fingerprint density at radius 1 is 1.43 bits per heavy atom. The molecule has 0 unspecified atom stereocenters. The monoisotopic (exact) mass is 195 g/mol. The van der Waals surface area contributed by atoms with Gasteiger partial charge in [-0.3, -0.25) is 9.36 Å². The van der Waals surface area contributed by atoms with Crippen LogP contribution in [-0.2, 0) is 6.54 Å². The first-order valence-corrected chi connectivity index (χ1v) is 5.00. The molecular formula is C10H17N3O. The zero-order valence-corrected chi connectivity index (χ0v) is 8.81. The molecule has 4 nitrogen and oxygen atoms in total. The van der Waals surface area contributed by atoms with E-state index < -0.39 is 0 Å². The zero-order valence-electron chi connectivity index (χ0n) is 8.81. The Balaban J connectivity index is 2.53. The minimum Gasteiger partial charge on any atom is -0.302 e. The minimum absolute atomic E-state index is 0.0205. The summed E-state index contributed by atoms with van der Waals surface area (Å²) in [5, 5.41) is 0. The predicted octanol–water partition coefficient (Wildman–Crippen LogP) is 0.585. The van der Waals surface area contributed by atoms with Crippen LogP contribution in [0.15, 0.2) is 23.4 Å². The van der Waals surface area contributed by atoms with E-state index >= 15 is 0 Å². The van der Waals surface area contributed by atoms with E-state index in [2.05, 4.69) is 23.7 Å². The lowest BCUT2D eigenvalue weighted by Gasteiger charge is -2.17. The van der Waals surface area contributed by atoms with Crippen LogP contribution in [0.5, 0.6) is 0 Å². The van der Waals surface area contributed by atoms with Gasteiger partial charge < -0.3 is 4.90 Å². The Morgan fingerprint density at radius 3 is 2.71 bits per heavy atom. The molecule has 0 aromatic carbocycles. The lowest BCUT2D eigenvalue weighted by molar-refractivity contribution is 0.288. The van der Waals surface area contributed by atoms with Gasteiger partial charge >= 0.3 is 0 Å². The zero-order chi connectivity index (χ0) is 10.4. The normalized spacial score (nSPS) is 10.8. The molecule has 0 atom stereocenters. The molecule has 14 heavy (non-hydrogen) atoms. The van der Waals surface area contributed by atoms with Crippen molar-refractivity contribution in [3.63, 3.8) is 0 Å². The topological polar surface area (TPSA) is 38.1 Å². The van der Waals surface area contributed by atoms with Crippen molar-refractivity contribution in [2.45, 2.75) is 20.4 Å². The fourth-order valence-electron chi connectivity index (χ4n) is 1.34. The van der Waals surface area contributed by atoms with Crippen molar-refractivity contribution in [2.24, 2.45) is 0 Å². The largest absolute Gasteiger partial charge is 0.302 e. The van der Waals surface area contributed by atoms with Crippen molar-refractivity contribution in [3.8, 4) is 0 Å². The van der Waals surface area contributed by atoms with E-state index in [4.69, 9.17) is 0 Å². The van der Waals surface area contributed by atoms with Gasteiger partial charge in [0.2, 0.25) is 0 Å². The van der Waals surface area contributed by atoms with Gasteiger partial charge in [0.1, 0.15) is 0 Å². The molecule has 0 aliphatic carbocycles. The fraction of sp³-hybridized carbons (Fsp3) is 0.600. The second-order valence-electron chi connectivity index (χ2n) is 3.14. The second-order valence-corrected chi connectivity index (χ2v) is 3.14. The van der Waals surface area contributed by atoms with E-state index in [0.29, 0.717) is 6.54 Å². The molecule has 78 valence electrons. The Labute approximate surface area is 84.2 Å². The van der Waals surface area contributed by atoms with Gasteiger partial charge in [-0.1, -0.05) is 13.8 Å². The summed E-state index contributed by atoms with van der Waals surface area (Å²) in [7, 11) is 0. The smallest absolute Gasteiger partial charge is 0.253 e. The van der Waals surface area contributed by atoms with Crippen molar-refractivity contribution < 1.29 is 0 Å². The maximum Gasteiger partial charge on any atom is 0.253 e. The van der Waals surface area contributed by atoms with Gasteiger partial charge in [0.15, 0.2) is 0 Å². The molecule has 0 aliphatic heterocycles. The van der Waals surface area contributed by atoms with Crippen LogP contribution in [0.1, 0.15) is 13.8 Å². The molecule has 4 heteroatoms. The average molecular weight is 195 g/mol. The number of likely N-dealkylation sites (N-methyl/N-ethyl adjacent to an activating group) is 1. The SMILES string of the molecule is CCN(CC)CCn1cnccc1=O. The second kappa shape index (κ2) is 5.54. The molecule has 0 amide bonds. The summed E-state index contributed by atoms with van der Waals surface area (Å²) in [5.74, 6) is 0. The van der Waals surface area contributed by atoms with Gasteiger partial charge in [0.25, 0.3) is 5.56 Å². The van der Waals surface area contributed by atoms with Gasteiger partial charge in [-0.15, -0.1) is 0 Å². The first-order valence-electron chi connectivity index (χ1n) is 5.00. The Kier molecular flexibility index (Phi) is 4.32. The highest BCUT2D eigenvalue weighted by molar-refractivity contribution is 4.82. The van der Waals surface area contributed by atoms with E-state index in [-0.39, 0.29) is 5.56 Å². The fourth-order valence-corrected chi connectivity index (χ4v) is 1.34. The molecule has 1 heterocycles. The molecule has 0 N–H and O–H groups in total. The van der Waals surface area contributed by atoms with Crippen LogP contribution in [0.25, 0.3) is 0 Å². The van der Waals surface area contributed by atoms with E-state index in [1.54, 1.807) is 10.9 Å². The maximum atomic E-state index is 11.3. The highest BCUT2D eigenvalue weighted by Gasteiger charge is 1.99. The molecule has 1 aromatic heterocycles. The van der Waals surface area contributed by atoms with Crippen LogP contribution in [0.2, 0.25) is 0 Å². The number of rotatable bonds is 5. The first kappa shape index (κ1) is 10.9. The lowest BCUT2D eigenvalue weighted by Crippen LogP contribution is -2.30.